The van der Waals surface area contributed by atoms with Crippen molar-refractivity contribution in [2.24, 2.45) is 5.73 Å². The fourth-order valence-corrected chi connectivity index (χ4v) is 5.42. The molecule has 0 spiro atoms. The van der Waals surface area contributed by atoms with Gasteiger partial charge < -0.3 is 10.5 Å². The van der Waals surface area contributed by atoms with E-state index in [0.717, 1.165) is 46.8 Å². The summed E-state index contributed by atoms with van der Waals surface area (Å²) in [4.78, 5) is 40.4. The van der Waals surface area contributed by atoms with Crippen molar-refractivity contribution >= 4 is 40.6 Å². The molecule has 0 aliphatic carbocycles. The van der Waals surface area contributed by atoms with Gasteiger partial charge in [-0.2, -0.15) is 0 Å². The number of ether oxygens (including phenoxy) is 1. The van der Waals surface area contributed by atoms with Gasteiger partial charge in [0.05, 0.1) is 12.2 Å². The highest BCUT2D eigenvalue weighted by Gasteiger charge is 2.27. The Kier molecular flexibility index (Phi) is 8.23. The number of carbonyl (C=O) groups is 3. The van der Waals surface area contributed by atoms with Crippen LogP contribution in [0.25, 0.3) is 0 Å². The molecule has 0 saturated carbocycles. The van der Waals surface area contributed by atoms with E-state index in [1.54, 1.807) is 19.1 Å². The number of hydrogen-bond donors (Lipinski definition) is 1. The highest BCUT2D eigenvalue weighted by atomic mass is 35.5. The molecule has 2 aromatic rings. The summed E-state index contributed by atoms with van der Waals surface area (Å²) in [6.07, 6.45) is 2.33. The van der Waals surface area contributed by atoms with Crippen molar-refractivity contribution in [2.45, 2.75) is 45.6 Å². The van der Waals surface area contributed by atoms with E-state index in [9.17, 15) is 14.4 Å². The van der Waals surface area contributed by atoms with Crippen molar-refractivity contribution < 1.29 is 19.1 Å². The molecule has 31 heavy (non-hydrogen) atoms. The molecule has 1 aromatic heterocycles. The Morgan fingerprint density at radius 1 is 1.19 bits per heavy atom. The molecule has 1 aliphatic heterocycles. The molecule has 0 atom stereocenters. The molecular formula is C23H27ClN2O4S. The Morgan fingerprint density at radius 3 is 2.61 bits per heavy atom. The summed E-state index contributed by atoms with van der Waals surface area (Å²) >= 11 is 7.41. The number of carbonyl (C=O) groups excluding carboxylic acids is 3. The summed E-state index contributed by atoms with van der Waals surface area (Å²) in [5.41, 5.74) is 8.08. The number of halogens is 1. The number of esters is 1. The predicted octanol–water partition coefficient (Wildman–Crippen LogP) is 3.56. The number of amides is 1. The van der Waals surface area contributed by atoms with Crippen LogP contribution < -0.4 is 5.73 Å². The second-order valence-electron chi connectivity index (χ2n) is 7.62. The molecule has 6 nitrogen and oxygen atoms in total. The second kappa shape index (κ2) is 10.9. The van der Waals surface area contributed by atoms with Crippen molar-refractivity contribution in [2.75, 3.05) is 19.7 Å². The first-order valence-electron chi connectivity index (χ1n) is 10.4. The lowest BCUT2D eigenvalue weighted by atomic mass is 9.98. The molecule has 0 radical (unpaired) electrons. The van der Waals surface area contributed by atoms with Crippen LogP contribution in [0.3, 0.4) is 0 Å². The van der Waals surface area contributed by atoms with Gasteiger partial charge in [-0.1, -0.05) is 23.7 Å². The summed E-state index contributed by atoms with van der Waals surface area (Å²) in [6.45, 7) is 4.48. The highest BCUT2D eigenvalue weighted by molar-refractivity contribution is 7.12. The quantitative estimate of drug-likeness (QED) is 0.545. The fraction of sp³-hybridized carbons (Fsp3) is 0.435. The standard InChI is InChI=1S/C23H27ClN2O4S/c1-2-30-21(28)4-3-10-26-11-9-18-20(14-26)31-19(22(18)23(25)29)13-17(27)12-15-5-7-16(24)8-6-15/h5-8H,2-4,9-14H2,1H3,(H2,25,29). The maximum Gasteiger partial charge on any atom is 0.305 e. The lowest BCUT2D eigenvalue weighted by Crippen LogP contribution is -2.31. The normalized spacial score (nSPS) is 13.6. The average Bonchev–Trinajstić information content (AvgIpc) is 3.07. The van der Waals surface area contributed by atoms with Gasteiger partial charge in [-0.05, 0) is 49.6 Å². The second-order valence-corrected chi connectivity index (χ2v) is 9.25. The summed E-state index contributed by atoms with van der Waals surface area (Å²) in [5, 5.41) is 0.630. The van der Waals surface area contributed by atoms with Gasteiger partial charge >= 0.3 is 5.97 Å². The third kappa shape index (κ3) is 6.38. The Hall–Kier alpha value is -2.22. The molecule has 1 aromatic carbocycles. The number of fused-ring (bicyclic) bond motifs is 1. The van der Waals surface area contributed by atoms with Gasteiger partial charge in [0, 0.05) is 47.1 Å². The van der Waals surface area contributed by atoms with Crippen molar-refractivity contribution in [1.29, 1.82) is 0 Å². The smallest absolute Gasteiger partial charge is 0.305 e. The number of rotatable bonds is 10. The maximum atomic E-state index is 12.6. The van der Waals surface area contributed by atoms with Crippen molar-refractivity contribution in [3.63, 3.8) is 0 Å². The zero-order valence-electron chi connectivity index (χ0n) is 17.6. The van der Waals surface area contributed by atoms with E-state index >= 15 is 0 Å². The van der Waals surface area contributed by atoms with Crippen LogP contribution in [0.2, 0.25) is 5.02 Å². The maximum absolute atomic E-state index is 12.6. The number of ketones is 1. The number of Topliss-reactive ketones (excluding diaryl/α,β-unsaturated/α-hetero) is 1. The molecule has 0 bridgehead atoms. The molecule has 8 heteroatoms. The molecule has 1 aliphatic rings. The molecular weight excluding hydrogens is 436 g/mol. The number of thiophene rings is 1. The number of primary amides is 1. The zero-order valence-corrected chi connectivity index (χ0v) is 19.2. The SMILES string of the molecule is CCOC(=O)CCCN1CCc2c(sc(CC(=O)Cc3ccc(Cl)cc3)c2C(N)=O)C1. The zero-order chi connectivity index (χ0) is 22.4. The van der Waals surface area contributed by atoms with Crippen molar-refractivity contribution in [3.8, 4) is 0 Å². The summed E-state index contributed by atoms with van der Waals surface area (Å²) < 4.78 is 4.97. The summed E-state index contributed by atoms with van der Waals surface area (Å²) in [6, 6.07) is 7.20. The third-order valence-corrected chi connectivity index (χ3v) is 6.76. The summed E-state index contributed by atoms with van der Waals surface area (Å²) in [5.74, 6) is -0.605. The first-order chi connectivity index (χ1) is 14.9. The van der Waals surface area contributed by atoms with Gasteiger partial charge in [-0.25, -0.2) is 0 Å². The minimum atomic E-state index is -0.470. The monoisotopic (exact) mass is 462 g/mol. The van der Waals surface area contributed by atoms with Crippen LogP contribution in [0, 0.1) is 0 Å². The number of hydrogen-bond acceptors (Lipinski definition) is 6. The highest BCUT2D eigenvalue weighted by Crippen LogP contribution is 2.34. The molecule has 166 valence electrons. The molecule has 0 unspecified atom stereocenters. The van der Waals surface area contributed by atoms with Crippen LogP contribution in [-0.4, -0.2) is 42.3 Å². The number of nitrogens with zero attached hydrogens (tertiary/aromatic N) is 1. The molecule has 1 amide bonds. The van der Waals surface area contributed by atoms with Gasteiger partial charge in [0.1, 0.15) is 5.78 Å². The van der Waals surface area contributed by atoms with Gasteiger partial charge in [0.15, 0.2) is 0 Å². The third-order valence-electron chi connectivity index (χ3n) is 5.29. The van der Waals surface area contributed by atoms with Gasteiger partial charge in [-0.15, -0.1) is 11.3 Å². The number of nitrogens with two attached hydrogens (primary N) is 1. The molecule has 2 N–H and O–H groups in total. The van der Waals surface area contributed by atoms with E-state index in [4.69, 9.17) is 22.1 Å². The van der Waals surface area contributed by atoms with E-state index in [1.807, 2.05) is 12.1 Å². The topological polar surface area (TPSA) is 89.7 Å². The van der Waals surface area contributed by atoms with Crippen LogP contribution >= 0.6 is 22.9 Å². The van der Waals surface area contributed by atoms with E-state index in [1.165, 1.54) is 11.3 Å². The molecule has 0 saturated heterocycles. The lowest BCUT2D eigenvalue weighted by Gasteiger charge is -2.26. The lowest BCUT2D eigenvalue weighted by molar-refractivity contribution is -0.143. The van der Waals surface area contributed by atoms with Crippen LogP contribution in [0.1, 0.15) is 51.0 Å². The van der Waals surface area contributed by atoms with Gasteiger partial charge in [-0.3, -0.25) is 19.3 Å². The molecule has 2 heterocycles. The van der Waals surface area contributed by atoms with E-state index < -0.39 is 5.91 Å². The molecule has 0 fully saturated rings. The van der Waals surface area contributed by atoms with Crippen LogP contribution in [-0.2, 0) is 40.1 Å². The van der Waals surface area contributed by atoms with E-state index in [0.29, 0.717) is 30.2 Å². The van der Waals surface area contributed by atoms with Crippen LogP contribution in [0.5, 0.6) is 0 Å². The Morgan fingerprint density at radius 2 is 1.94 bits per heavy atom. The largest absolute Gasteiger partial charge is 0.466 e. The summed E-state index contributed by atoms with van der Waals surface area (Å²) in [7, 11) is 0. The fourth-order valence-electron chi connectivity index (χ4n) is 3.87. The average molecular weight is 463 g/mol. The minimum absolute atomic E-state index is 0.0368. The Labute approximate surface area is 191 Å². The van der Waals surface area contributed by atoms with Crippen LogP contribution in [0.15, 0.2) is 24.3 Å². The van der Waals surface area contributed by atoms with E-state index in [2.05, 4.69) is 4.90 Å². The van der Waals surface area contributed by atoms with Crippen molar-refractivity contribution in [1.82, 2.24) is 4.90 Å². The first-order valence-corrected chi connectivity index (χ1v) is 11.6. The van der Waals surface area contributed by atoms with Crippen molar-refractivity contribution in [3.05, 3.63) is 55.7 Å². The predicted molar refractivity (Wildman–Crippen MR) is 122 cm³/mol. The number of benzene rings is 1. The van der Waals surface area contributed by atoms with Gasteiger partial charge in [0.25, 0.3) is 0 Å². The Bertz CT molecular complexity index is 955. The first kappa shape index (κ1) is 23.4. The Balaban J connectivity index is 1.64. The van der Waals surface area contributed by atoms with E-state index in [-0.39, 0.29) is 24.6 Å². The minimum Gasteiger partial charge on any atom is -0.466 e. The van der Waals surface area contributed by atoms with Crippen LogP contribution in [0.4, 0.5) is 0 Å². The van der Waals surface area contributed by atoms with Gasteiger partial charge in [0.2, 0.25) is 5.91 Å². The molecule has 3 rings (SSSR count).